The molecule has 0 bridgehead atoms. The Balaban J connectivity index is 1.19. The van der Waals surface area contributed by atoms with Gasteiger partial charge in [0.2, 0.25) is 5.91 Å². The van der Waals surface area contributed by atoms with Crippen molar-refractivity contribution in [2.75, 3.05) is 36.4 Å². The highest BCUT2D eigenvalue weighted by Crippen LogP contribution is 2.44. The zero-order chi connectivity index (χ0) is 29.0. The van der Waals surface area contributed by atoms with Gasteiger partial charge in [0.25, 0.3) is 0 Å². The van der Waals surface area contributed by atoms with Crippen LogP contribution < -0.4 is 10.2 Å². The van der Waals surface area contributed by atoms with Gasteiger partial charge in [-0.1, -0.05) is 35.3 Å². The Morgan fingerprint density at radius 3 is 2.71 bits per heavy atom. The maximum atomic E-state index is 13.7. The van der Waals surface area contributed by atoms with Gasteiger partial charge in [0.1, 0.15) is 35.8 Å². The normalized spacial score (nSPS) is 17.8. The Bertz CT molecular complexity index is 1790. The molecular weight excluding hydrogens is 579 g/mol. The molecule has 1 N–H and O–H groups in total. The van der Waals surface area contributed by atoms with Crippen LogP contribution in [-0.4, -0.2) is 62.6 Å². The molecule has 2 saturated heterocycles. The molecule has 7 rings (SSSR count). The molecule has 3 aliphatic rings. The Labute approximate surface area is 250 Å². The number of hydrogen-bond donors (Lipinski definition) is 1. The van der Waals surface area contributed by atoms with Crippen molar-refractivity contribution in [1.29, 1.82) is 5.26 Å². The van der Waals surface area contributed by atoms with Crippen LogP contribution in [0, 0.1) is 17.2 Å². The molecule has 0 radical (unpaired) electrons. The second-order valence-corrected chi connectivity index (χ2v) is 11.5. The predicted molar refractivity (Wildman–Crippen MR) is 156 cm³/mol. The zero-order valence-corrected chi connectivity index (χ0v) is 23.8. The van der Waals surface area contributed by atoms with Crippen molar-refractivity contribution in [3.63, 3.8) is 0 Å². The Kier molecular flexibility index (Phi) is 6.40. The smallest absolute Gasteiger partial charge is 0.413 e. The molecule has 42 heavy (non-hydrogen) atoms. The summed E-state index contributed by atoms with van der Waals surface area (Å²) in [5, 5.41) is 13.5. The number of benzene rings is 1. The number of hydrogen-bond acceptors (Lipinski definition) is 8. The number of nitrogens with one attached hydrogen (secondary N) is 1. The van der Waals surface area contributed by atoms with Gasteiger partial charge in [-0.15, -0.1) is 0 Å². The molecule has 1 aromatic carbocycles. The summed E-state index contributed by atoms with van der Waals surface area (Å²) in [5.74, 6) is 1.02. The number of rotatable bonds is 4. The lowest BCUT2D eigenvalue weighted by molar-refractivity contribution is -0.136. The van der Waals surface area contributed by atoms with Crippen LogP contribution in [-0.2, 0) is 21.7 Å². The molecule has 3 aliphatic heterocycles. The SMILES string of the molecule is N#CC1CN(c2ncnc3c2c(-c2cccc(Cl)c2Cl)cn3CC(=O)N2CCC3(CC2)OC(=O)Nc2ncccc23)C1. The van der Waals surface area contributed by atoms with E-state index >= 15 is 0 Å². The number of aromatic nitrogens is 4. The summed E-state index contributed by atoms with van der Waals surface area (Å²) in [5.41, 5.74) is 2.05. The third kappa shape index (κ3) is 4.30. The molecule has 0 atom stereocenters. The number of ether oxygens (including phenoxy) is 1. The summed E-state index contributed by atoms with van der Waals surface area (Å²) in [7, 11) is 0. The van der Waals surface area contributed by atoms with Crippen LogP contribution in [0.15, 0.2) is 49.1 Å². The lowest BCUT2D eigenvalue weighted by Gasteiger charge is -2.43. The van der Waals surface area contributed by atoms with Gasteiger partial charge in [0, 0.05) is 68.1 Å². The highest BCUT2D eigenvalue weighted by Gasteiger charge is 2.45. The first-order valence-electron chi connectivity index (χ1n) is 13.5. The number of piperidine rings is 1. The monoisotopic (exact) mass is 602 g/mol. The predicted octanol–water partition coefficient (Wildman–Crippen LogP) is 4.84. The number of likely N-dealkylation sites (tertiary alicyclic amines) is 1. The number of anilines is 2. The topological polar surface area (TPSA) is 129 Å². The van der Waals surface area contributed by atoms with Crippen molar-refractivity contribution in [2.24, 2.45) is 5.92 Å². The van der Waals surface area contributed by atoms with E-state index in [1.807, 2.05) is 39.9 Å². The lowest BCUT2D eigenvalue weighted by Crippen LogP contribution is -2.50. The average molecular weight is 603 g/mol. The minimum Gasteiger partial charge on any atom is -0.437 e. The summed E-state index contributed by atoms with van der Waals surface area (Å²) >= 11 is 13.0. The van der Waals surface area contributed by atoms with E-state index in [9.17, 15) is 14.9 Å². The molecule has 0 saturated carbocycles. The minimum atomic E-state index is -0.819. The molecule has 2 fully saturated rings. The number of amides is 2. The number of nitriles is 1. The number of fused-ring (bicyclic) bond motifs is 3. The molecule has 212 valence electrons. The summed E-state index contributed by atoms with van der Waals surface area (Å²) in [4.78, 5) is 43.2. The third-order valence-electron chi connectivity index (χ3n) is 8.28. The molecule has 1 spiro atoms. The van der Waals surface area contributed by atoms with Gasteiger partial charge in [-0.25, -0.2) is 19.7 Å². The van der Waals surface area contributed by atoms with E-state index in [4.69, 9.17) is 27.9 Å². The van der Waals surface area contributed by atoms with Crippen LogP contribution in [0.1, 0.15) is 18.4 Å². The Hall–Kier alpha value is -4.40. The van der Waals surface area contributed by atoms with E-state index < -0.39 is 11.7 Å². The van der Waals surface area contributed by atoms with Gasteiger partial charge < -0.3 is 19.1 Å². The van der Waals surface area contributed by atoms with Crippen LogP contribution in [0.25, 0.3) is 22.2 Å². The van der Waals surface area contributed by atoms with E-state index in [0.29, 0.717) is 71.9 Å². The first-order chi connectivity index (χ1) is 20.4. The van der Waals surface area contributed by atoms with Crippen molar-refractivity contribution in [3.05, 3.63) is 64.7 Å². The lowest BCUT2D eigenvalue weighted by atomic mass is 9.83. The molecule has 13 heteroatoms. The fourth-order valence-corrected chi connectivity index (χ4v) is 6.48. The molecular formula is C29H24Cl2N8O3. The van der Waals surface area contributed by atoms with Crippen LogP contribution in [0.4, 0.5) is 16.4 Å². The van der Waals surface area contributed by atoms with Crippen molar-refractivity contribution < 1.29 is 14.3 Å². The Morgan fingerprint density at radius 1 is 1.12 bits per heavy atom. The third-order valence-corrected chi connectivity index (χ3v) is 9.09. The number of carbonyl (C=O) groups excluding carboxylic acids is 2. The number of halogens is 2. The molecule has 4 aromatic rings. The van der Waals surface area contributed by atoms with Crippen LogP contribution in [0.5, 0.6) is 0 Å². The van der Waals surface area contributed by atoms with Crippen molar-refractivity contribution in [3.8, 4) is 17.2 Å². The van der Waals surface area contributed by atoms with Gasteiger partial charge in [0.15, 0.2) is 0 Å². The average Bonchev–Trinajstić information content (AvgIpc) is 3.33. The van der Waals surface area contributed by atoms with Crippen molar-refractivity contribution in [1.82, 2.24) is 24.4 Å². The summed E-state index contributed by atoms with van der Waals surface area (Å²) in [6.45, 7) is 1.98. The quantitative estimate of drug-likeness (QED) is 0.351. The van der Waals surface area contributed by atoms with Crippen LogP contribution >= 0.6 is 23.2 Å². The van der Waals surface area contributed by atoms with E-state index in [1.54, 1.807) is 17.2 Å². The fraction of sp³-hybridized carbons (Fsp3) is 0.310. The number of pyridine rings is 1. The van der Waals surface area contributed by atoms with E-state index in [-0.39, 0.29) is 18.4 Å². The van der Waals surface area contributed by atoms with Gasteiger partial charge in [0.05, 0.1) is 27.4 Å². The van der Waals surface area contributed by atoms with Crippen LogP contribution in [0.2, 0.25) is 10.0 Å². The second-order valence-electron chi connectivity index (χ2n) is 10.7. The van der Waals surface area contributed by atoms with Crippen LogP contribution in [0.3, 0.4) is 0 Å². The first kappa shape index (κ1) is 26.5. The Morgan fingerprint density at radius 2 is 1.93 bits per heavy atom. The van der Waals surface area contributed by atoms with Crippen molar-refractivity contribution in [2.45, 2.75) is 25.0 Å². The summed E-state index contributed by atoms with van der Waals surface area (Å²) < 4.78 is 7.60. The fourth-order valence-electron chi connectivity index (χ4n) is 6.08. The maximum Gasteiger partial charge on any atom is 0.413 e. The van der Waals surface area contributed by atoms with E-state index in [1.165, 1.54) is 6.33 Å². The van der Waals surface area contributed by atoms with E-state index in [0.717, 1.165) is 16.5 Å². The zero-order valence-electron chi connectivity index (χ0n) is 22.3. The highest BCUT2D eigenvalue weighted by atomic mass is 35.5. The van der Waals surface area contributed by atoms with Gasteiger partial charge >= 0.3 is 6.09 Å². The molecule has 6 heterocycles. The molecule has 3 aromatic heterocycles. The number of nitrogens with zero attached hydrogens (tertiary/aromatic N) is 7. The van der Waals surface area contributed by atoms with Gasteiger partial charge in [-0.2, -0.15) is 5.26 Å². The standard InChI is InChI=1S/C29H24Cl2N8O3/c30-21-5-1-3-18(24(21)31)19-14-39(27-23(19)26(34-16-35-27)38-12-17(11-32)13-38)15-22(40)37-9-6-29(7-10-37)20-4-2-8-33-25(20)36-28(41)42-29/h1-5,8,14,16-17H,6-7,9-10,12-13,15H2,(H,33,36,41). The molecule has 2 amide bonds. The molecule has 0 unspecified atom stereocenters. The van der Waals surface area contributed by atoms with Crippen molar-refractivity contribution >= 4 is 57.9 Å². The second kappa shape index (κ2) is 10.2. The molecule has 0 aliphatic carbocycles. The minimum absolute atomic E-state index is 0.0401. The largest absolute Gasteiger partial charge is 0.437 e. The van der Waals surface area contributed by atoms with E-state index in [2.05, 4.69) is 26.3 Å². The maximum absolute atomic E-state index is 13.7. The van der Waals surface area contributed by atoms with Gasteiger partial charge in [-0.05, 0) is 18.2 Å². The summed E-state index contributed by atoms with van der Waals surface area (Å²) in [6.07, 6.45) is 5.35. The number of carbonyl (C=O) groups is 2. The highest BCUT2D eigenvalue weighted by molar-refractivity contribution is 6.44. The van der Waals surface area contributed by atoms with Gasteiger partial charge in [-0.3, -0.25) is 10.1 Å². The molecule has 11 nitrogen and oxygen atoms in total. The summed E-state index contributed by atoms with van der Waals surface area (Å²) in [6, 6.07) is 11.4. The first-order valence-corrected chi connectivity index (χ1v) is 14.3.